The molecule has 8 nitrogen and oxygen atoms in total. The number of nitrogens with two attached hydrogens (primary N) is 1. The van der Waals surface area contributed by atoms with Crippen LogP contribution >= 0.6 is 0 Å². The summed E-state index contributed by atoms with van der Waals surface area (Å²) >= 11 is 0. The average molecular weight is 644 g/mol. The molecule has 3 fully saturated rings. The van der Waals surface area contributed by atoms with Crippen molar-refractivity contribution in [2.75, 3.05) is 19.0 Å². The van der Waals surface area contributed by atoms with E-state index >= 15 is 4.39 Å². The van der Waals surface area contributed by atoms with E-state index in [9.17, 15) is 27.2 Å². The van der Waals surface area contributed by atoms with Gasteiger partial charge in [-0.05, 0) is 79.7 Å². The van der Waals surface area contributed by atoms with Crippen LogP contribution in [-0.4, -0.2) is 66.8 Å². The second-order valence-corrected chi connectivity index (χ2v) is 15.0. The predicted molar refractivity (Wildman–Crippen MR) is 165 cm³/mol. The van der Waals surface area contributed by atoms with Crippen LogP contribution in [0.5, 0.6) is 0 Å². The Kier molecular flexibility index (Phi) is 10.8. The predicted octanol–water partition coefficient (Wildman–Crippen LogP) is 4.89. The third-order valence-electron chi connectivity index (χ3n) is 10.2. The molecular formula is C34H43F2N3O5S. The highest BCUT2D eigenvalue weighted by Crippen LogP contribution is 2.41. The Balaban J connectivity index is 1.30. The molecule has 2 aliphatic carbocycles. The lowest BCUT2D eigenvalue weighted by molar-refractivity contribution is -0.143. The molecule has 1 aromatic carbocycles. The minimum atomic E-state index is -4.06. The number of ketones is 2. The zero-order chi connectivity index (χ0) is 32.1. The van der Waals surface area contributed by atoms with Crippen molar-refractivity contribution >= 4 is 27.3 Å². The van der Waals surface area contributed by atoms with Crippen molar-refractivity contribution in [1.82, 2.24) is 9.88 Å². The quantitative estimate of drug-likeness (QED) is 0.346. The number of Topliss-reactive ketones (excluding diaryl/α,β-unsaturated/α-hetero) is 2. The molecule has 5 rings (SSSR count). The number of likely N-dealkylation sites (tertiary alicyclic amines) is 1. The molecule has 0 bridgehead atoms. The molecule has 0 unspecified atom stereocenters. The Bertz CT molecular complexity index is 1470. The lowest BCUT2D eigenvalue weighted by atomic mass is 9.75. The fourth-order valence-electron chi connectivity index (χ4n) is 7.74. The second-order valence-electron chi connectivity index (χ2n) is 13.1. The molecule has 3 atom stereocenters. The minimum Gasteiger partial charge on any atom is -0.332 e. The number of rotatable bonds is 11. The molecule has 1 aliphatic heterocycles. The highest BCUT2D eigenvalue weighted by Gasteiger charge is 2.46. The Labute approximate surface area is 264 Å². The molecule has 0 spiro atoms. The summed E-state index contributed by atoms with van der Waals surface area (Å²) < 4.78 is 53.5. The van der Waals surface area contributed by atoms with Gasteiger partial charge >= 0.3 is 0 Å². The number of sulfone groups is 1. The van der Waals surface area contributed by atoms with E-state index in [1.807, 2.05) is 0 Å². The van der Waals surface area contributed by atoms with Crippen LogP contribution in [0.25, 0.3) is 0 Å². The molecule has 3 aliphatic rings. The van der Waals surface area contributed by atoms with Gasteiger partial charge in [0.1, 0.15) is 18.2 Å². The lowest BCUT2D eigenvalue weighted by Gasteiger charge is -2.37. The number of alkyl halides is 1. The Morgan fingerprint density at radius 1 is 0.978 bits per heavy atom. The Morgan fingerprint density at radius 2 is 1.71 bits per heavy atom. The van der Waals surface area contributed by atoms with Gasteiger partial charge in [-0.1, -0.05) is 44.2 Å². The molecule has 2 N–H and O–H groups in total. The number of hydrogen-bond acceptors (Lipinski definition) is 7. The van der Waals surface area contributed by atoms with Crippen LogP contribution in [0.3, 0.4) is 0 Å². The third kappa shape index (κ3) is 7.68. The number of carbonyl (C=O) groups is 3. The summed E-state index contributed by atoms with van der Waals surface area (Å²) in [6, 6.07) is 7.03. The van der Waals surface area contributed by atoms with Crippen LogP contribution in [0.2, 0.25) is 0 Å². The number of amides is 1. The van der Waals surface area contributed by atoms with Gasteiger partial charge in [0, 0.05) is 31.1 Å². The van der Waals surface area contributed by atoms with Gasteiger partial charge in [-0.15, -0.1) is 0 Å². The summed E-state index contributed by atoms with van der Waals surface area (Å²) in [6.45, 7) is -0.0675. The van der Waals surface area contributed by atoms with E-state index in [-0.39, 0.29) is 46.5 Å². The van der Waals surface area contributed by atoms with Gasteiger partial charge in [0.25, 0.3) is 0 Å². The van der Waals surface area contributed by atoms with Crippen LogP contribution in [0.1, 0.15) is 80.1 Å². The molecule has 2 heterocycles. The van der Waals surface area contributed by atoms with Crippen molar-refractivity contribution in [2.45, 2.75) is 87.7 Å². The molecule has 1 saturated heterocycles. The van der Waals surface area contributed by atoms with E-state index in [0.29, 0.717) is 43.7 Å². The maximum Gasteiger partial charge on any atom is 0.226 e. The highest BCUT2D eigenvalue weighted by atomic mass is 32.2. The number of nitrogens with zero attached hydrogens (tertiary/aromatic N) is 2. The van der Waals surface area contributed by atoms with Gasteiger partial charge < -0.3 is 10.6 Å². The summed E-state index contributed by atoms with van der Waals surface area (Å²) in [7, 11) is -4.06. The smallest absolute Gasteiger partial charge is 0.226 e. The highest BCUT2D eigenvalue weighted by molar-refractivity contribution is 7.92. The molecule has 2 saturated carbocycles. The van der Waals surface area contributed by atoms with Crippen molar-refractivity contribution < 1.29 is 31.6 Å². The summed E-state index contributed by atoms with van der Waals surface area (Å²) in [5.41, 5.74) is 5.92. The average Bonchev–Trinajstić information content (AvgIpc) is 3.50. The fourth-order valence-corrected chi connectivity index (χ4v) is 8.90. The number of carbonyl (C=O) groups excluding carboxylic acids is 3. The largest absolute Gasteiger partial charge is 0.332 e. The topological polar surface area (TPSA) is 127 Å². The van der Waals surface area contributed by atoms with E-state index in [2.05, 4.69) is 4.98 Å². The summed E-state index contributed by atoms with van der Waals surface area (Å²) in [6.07, 6.45) is 10.00. The molecule has 244 valence electrons. The Hall–Kier alpha value is -3.05. The van der Waals surface area contributed by atoms with E-state index in [1.54, 1.807) is 11.0 Å². The molecule has 1 amide bonds. The minimum absolute atomic E-state index is 0.0276. The first kappa shape index (κ1) is 33.3. The van der Waals surface area contributed by atoms with Crippen molar-refractivity contribution in [3.8, 4) is 0 Å². The van der Waals surface area contributed by atoms with Crippen molar-refractivity contribution in [3.05, 3.63) is 59.5 Å². The van der Waals surface area contributed by atoms with Gasteiger partial charge in [0.15, 0.2) is 16.6 Å². The molecule has 1 aromatic heterocycles. The van der Waals surface area contributed by atoms with Gasteiger partial charge in [-0.2, -0.15) is 0 Å². The lowest BCUT2D eigenvalue weighted by Crippen LogP contribution is -2.48. The normalized spacial score (nSPS) is 25.2. The zero-order valence-corrected chi connectivity index (χ0v) is 26.4. The van der Waals surface area contributed by atoms with E-state index in [1.165, 1.54) is 36.9 Å². The first-order valence-corrected chi connectivity index (χ1v) is 17.8. The molecular weight excluding hydrogens is 600 g/mol. The summed E-state index contributed by atoms with van der Waals surface area (Å²) in [5, 5.41) is -0.263. The third-order valence-corrected chi connectivity index (χ3v) is 11.7. The van der Waals surface area contributed by atoms with Crippen LogP contribution in [0.4, 0.5) is 8.78 Å². The van der Waals surface area contributed by atoms with Gasteiger partial charge in [-0.3, -0.25) is 14.4 Å². The first-order valence-electron chi connectivity index (χ1n) is 16.2. The van der Waals surface area contributed by atoms with E-state index in [4.69, 9.17) is 5.73 Å². The molecule has 2 aromatic rings. The zero-order valence-electron chi connectivity index (χ0n) is 25.6. The van der Waals surface area contributed by atoms with Crippen LogP contribution in [-0.2, 0) is 25.8 Å². The van der Waals surface area contributed by atoms with Crippen molar-refractivity contribution in [2.24, 2.45) is 29.4 Å². The number of halogens is 2. The number of benzene rings is 1. The number of pyridine rings is 1. The molecule has 0 radical (unpaired) electrons. The summed E-state index contributed by atoms with van der Waals surface area (Å²) in [4.78, 5) is 46.2. The molecule has 45 heavy (non-hydrogen) atoms. The van der Waals surface area contributed by atoms with Crippen LogP contribution in [0.15, 0.2) is 47.6 Å². The maximum atomic E-state index is 15.2. The van der Waals surface area contributed by atoms with E-state index in [0.717, 1.165) is 38.2 Å². The second kappa shape index (κ2) is 14.6. The fraction of sp³-hybridized carbons (Fsp3) is 0.588. The standard InChI is InChI=1S/C34H43F2N3O5S/c35-20-29(37)24-10-12-25(13-11-24)34(42)39-17-15-26(23-6-2-1-3-7-23)33(39)30(40)19-22-9-14-27(28(36)18-22)31(41)21-45(43,44)32-8-4-5-16-38-32/h4-5,8-9,14,16,18,23-26,29,33H,1-3,6-7,10-13,15,17,19-21,37H2/t24?,25?,26-,29+,33-/m0/s1. The van der Waals surface area contributed by atoms with Crippen LogP contribution in [0, 0.1) is 29.5 Å². The van der Waals surface area contributed by atoms with E-state index < -0.39 is 45.9 Å². The Morgan fingerprint density at radius 3 is 2.36 bits per heavy atom. The van der Waals surface area contributed by atoms with Crippen LogP contribution < -0.4 is 5.73 Å². The first-order chi connectivity index (χ1) is 21.6. The monoisotopic (exact) mass is 643 g/mol. The SMILES string of the molecule is N[C@H](CF)C1CCC(C(=O)N2CC[C@@H](C3CCCCC3)[C@H]2C(=O)Cc2ccc(C(=O)CS(=O)(=O)c3ccccn3)c(F)c2)CC1. The molecule has 11 heteroatoms. The van der Waals surface area contributed by atoms with Gasteiger partial charge in [0.2, 0.25) is 15.7 Å². The number of hydrogen-bond donors (Lipinski definition) is 1. The number of aromatic nitrogens is 1. The summed E-state index contributed by atoms with van der Waals surface area (Å²) in [5.74, 6) is -2.68. The van der Waals surface area contributed by atoms with Crippen molar-refractivity contribution in [1.29, 1.82) is 0 Å². The van der Waals surface area contributed by atoms with Crippen molar-refractivity contribution in [3.63, 3.8) is 0 Å². The maximum absolute atomic E-state index is 15.2. The van der Waals surface area contributed by atoms with Gasteiger partial charge in [0.05, 0.1) is 11.6 Å². The van der Waals surface area contributed by atoms with Gasteiger partial charge in [-0.25, -0.2) is 22.2 Å².